The number of rotatable bonds is 10. The summed E-state index contributed by atoms with van der Waals surface area (Å²) in [5, 5.41) is 18.4. The van der Waals surface area contributed by atoms with Crippen LogP contribution in [0.1, 0.15) is 18.1 Å². The SMILES string of the molecule is CCc1ccccc1N1C(=O)CS/C1=N\C(O)NCCc1cccc(-c2ncn(-c3ccc(OC(F)(F)F)cc3)n2)c1. The van der Waals surface area contributed by atoms with Gasteiger partial charge in [0.2, 0.25) is 12.3 Å². The number of alkyl halides is 3. The summed E-state index contributed by atoms with van der Waals surface area (Å²) in [7, 11) is 0. The molecule has 3 aromatic carbocycles. The van der Waals surface area contributed by atoms with Crippen LogP contribution in [0.3, 0.4) is 0 Å². The number of benzene rings is 3. The summed E-state index contributed by atoms with van der Waals surface area (Å²) in [6.07, 6.45) is -3.13. The second-order valence-electron chi connectivity index (χ2n) is 9.24. The minimum atomic E-state index is -4.76. The zero-order valence-corrected chi connectivity index (χ0v) is 23.3. The molecule has 1 amide bonds. The molecular weight excluding hydrogens is 569 g/mol. The molecule has 5 rings (SSSR count). The number of aromatic nitrogens is 3. The number of nitrogens with one attached hydrogen (secondary N) is 1. The highest BCUT2D eigenvalue weighted by atomic mass is 32.2. The first kappa shape index (κ1) is 29.3. The number of para-hydroxylation sites is 1. The molecule has 1 aromatic heterocycles. The molecule has 1 fully saturated rings. The second kappa shape index (κ2) is 12.8. The standard InChI is InChI=1S/C29H27F3N6O3S/c1-2-20-7-3-4-9-24(20)38-25(39)17-42-28(38)35-27(40)33-15-14-19-6-5-8-21(16-19)26-34-18-37(36-26)22-10-12-23(13-11-22)41-29(30,31)32/h3-13,16,18,27,33,40H,2,14-15,17H2,1H3/b35-28-. The molecule has 0 radical (unpaired) electrons. The third-order valence-electron chi connectivity index (χ3n) is 6.36. The van der Waals surface area contributed by atoms with Crippen molar-refractivity contribution in [2.24, 2.45) is 4.99 Å². The molecular formula is C29H27F3N6O3S. The van der Waals surface area contributed by atoms with E-state index in [1.807, 2.05) is 55.5 Å². The Kier molecular flexibility index (Phi) is 8.90. The molecule has 0 bridgehead atoms. The van der Waals surface area contributed by atoms with E-state index < -0.39 is 12.7 Å². The number of aliphatic hydroxyl groups is 1. The summed E-state index contributed by atoms with van der Waals surface area (Å²) in [5.74, 6) is 0.311. The number of nitrogens with zero attached hydrogens (tertiary/aromatic N) is 5. The Labute approximate surface area is 244 Å². The van der Waals surface area contributed by atoms with Gasteiger partial charge in [-0.3, -0.25) is 15.0 Å². The quantitative estimate of drug-likeness (QED) is 0.250. The van der Waals surface area contributed by atoms with Gasteiger partial charge in [-0.2, -0.15) is 0 Å². The first-order valence-electron chi connectivity index (χ1n) is 13.1. The number of aryl methyl sites for hydroxylation is 1. The highest BCUT2D eigenvalue weighted by molar-refractivity contribution is 8.15. The number of ether oxygens (including phenoxy) is 1. The van der Waals surface area contributed by atoms with E-state index in [4.69, 9.17) is 0 Å². The molecule has 1 unspecified atom stereocenters. The number of hydrogen-bond donors (Lipinski definition) is 2. The van der Waals surface area contributed by atoms with Crippen LogP contribution in [0.25, 0.3) is 17.1 Å². The Morgan fingerprint density at radius 2 is 1.90 bits per heavy atom. The lowest BCUT2D eigenvalue weighted by Gasteiger charge is -2.20. The lowest BCUT2D eigenvalue weighted by Crippen LogP contribution is -2.34. The van der Waals surface area contributed by atoms with Gasteiger partial charge in [0.05, 0.1) is 17.1 Å². The molecule has 13 heteroatoms. The van der Waals surface area contributed by atoms with Gasteiger partial charge in [0.25, 0.3) is 0 Å². The van der Waals surface area contributed by atoms with E-state index in [1.54, 1.807) is 4.90 Å². The maximum absolute atomic E-state index is 12.6. The molecule has 42 heavy (non-hydrogen) atoms. The average Bonchev–Trinajstić information content (AvgIpc) is 3.60. The fourth-order valence-corrected chi connectivity index (χ4v) is 5.29. The number of carbonyl (C=O) groups is 1. The summed E-state index contributed by atoms with van der Waals surface area (Å²) >= 11 is 1.29. The minimum absolute atomic E-state index is 0.0767. The zero-order valence-electron chi connectivity index (χ0n) is 22.5. The monoisotopic (exact) mass is 596 g/mol. The maximum Gasteiger partial charge on any atom is 0.573 e. The third kappa shape index (κ3) is 7.16. The molecule has 218 valence electrons. The molecule has 0 aliphatic carbocycles. The van der Waals surface area contributed by atoms with Crippen molar-refractivity contribution >= 4 is 28.5 Å². The Bertz CT molecular complexity index is 1580. The number of amides is 1. The topological polar surface area (TPSA) is 105 Å². The van der Waals surface area contributed by atoms with E-state index in [2.05, 4.69) is 25.1 Å². The molecule has 1 atom stereocenters. The van der Waals surface area contributed by atoms with E-state index in [1.165, 1.54) is 47.0 Å². The van der Waals surface area contributed by atoms with Gasteiger partial charge in [-0.15, -0.1) is 18.3 Å². The molecule has 1 saturated heterocycles. The largest absolute Gasteiger partial charge is 0.573 e. The van der Waals surface area contributed by atoms with Gasteiger partial charge >= 0.3 is 6.36 Å². The van der Waals surface area contributed by atoms with Crippen LogP contribution in [0.5, 0.6) is 5.75 Å². The van der Waals surface area contributed by atoms with E-state index in [0.29, 0.717) is 29.6 Å². The molecule has 2 heterocycles. The van der Waals surface area contributed by atoms with Gasteiger partial charge in [-0.05, 0) is 60.4 Å². The summed E-state index contributed by atoms with van der Waals surface area (Å²) in [4.78, 5) is 22.8. The molecule has 0 spiro atoms. The second-order valence-corrected chi connectivity index (χ2v) is 10.2. The van der Waals surface area contributed by atoms with Crippen LogP contribution in [0, 0.1) is 0 Å². The number of halogens is 3. The Hall–Kier alpha value is -4.20. The fourth-order valence-electron chi connectivity index (χ4n) is 4.40. The Morgan fingerprint density at radius 1 is 1.12 bits per heavy atom. The van der Waals surface area contributed by atoms with Crippen molar-refractivity contribution < 1.29 is 27.8 Å². The van der Waals surface area contributed by atoms with Crippen LogP contribution < -0.4 is 15.0 Å². The summed E-state index contributed by atoms with van der Waals surface area (Å²) in [5.41, 5.74) is 4.06. The van der Waals surface area contributed by atoms with E-state index in [0.717, 1.165) is 28.8 Å². The molecule has 1 aliphatic heterocycles. The zero-order chi connectivity index (χ0) is 29.7. The van der Waals surface area contributed by atoms with Crippen LogP contribution in [-0.2, 0) is 17.6 Å². The van der Waals surface area contributed by atoms with Gasteiger partial charge in [0.1, 0.15) is 12.1 Å². The summed E-state index contributed by atoms with van der Waals surface area (Å²) in [6, 6.07) is 20.6. The molecule has 0 saturated carbocycles. The number of aliphatic imine (C=N–C) groups is 1. The predicted molar refractivity (Wildman–Crippen MR) is 154 cm³/mol. The van der Waals surface area contributed by atoms with Gasteiger partial charge < -0.3 is 9.84 Å². The van der Waals surface area contributed by atoms with Crippen LogP contribution in [0.15, 0.2) is 84.1 Å². The van der Waals surface area contributed by atoms with E-state index in [9.17, 15) is 23.1 Å². The van der Waals surface area contributed by atoms with Gasteiger partial charge in [-0.25, -0.2) is 14.7 Å². The first-order chi connectivity index (χ1) is 20.2. The van der Waals surface area contributed by atoms with Crippen LogP contribution >= 0.6 is 11.8 Å². The summed E-state index contributed by atoms with van der Waals surface area (Å²) < 4.78 is 42.6. The van der Waals surface area contributed by atoms with Crippen molar-refractivity contribution in [2.45, 2.75) is 32.5 Å². The van der Waals surface area contributed by atoms with Crippen molar-refractivity contribution in [2.75, 3.05) is 17.2 Å². The van der Waals surface area contributed by atoms with Crippen molar-refractivity contribution in [1.29, 1.82) is 0 Å². The Balaban J connectivity index is 1.19. The third-order valence-corrected chi connectivity index (χ3v) is 7.30. The van der Waals surface area contributed by atoms with Crippen LogP contribution in [0.4, 0.5) is 18.9 Å². The van der Waals surface area contributed by atoms with E-state index >= 15 is 0 Å². The fraction of sp³-hybridized carbons (Fsp3) is 0.241. The number of amidine groups is 1. The number of thioether (sulfide) groups is 1. The van der Waals surface area contributed by atoms with Gasteiger partial charge in [0, 0.05) is 12.1 Å². The number of anilines is 1. The molecule has 2 N–H and O–H groups in total. The minimum Gasteiger partial charge on any atom is -0.406 e. The van der Waals surface area contributed by atoms with Crippen molar-refractivity contribution in [3.63, 3.8) is 0 Å². The molecule has 1 aliphatic rings. The van der Waals surface area contributed by atoms with Crippen LogP contribution in [0.2, 0.25) is 0 Å². The normalized spacial score (nSPS) is 15.4. The molecule has 4 aromatic rings. The van der Waals surface area contributed by atoms with Crippen molar-refractivity contribution in [3.05, 3.63) is 90.3 Å². The molecule has 9 nitrogen and oxygen atoms in total. The highest BCUT2D eigenvalue weighted by Gasteiger charge is 2.32. The number of aliphatic hydroxyl groups excluding tert-OH is 1. The maximum atomic E-state index is 12.6. The van der Waals surface area contributed by atoms with Gasteiger partial charge in [0.15, 0.2) is 11.0 Å². The van der Waals surface area contributed by atoms with Crippen LogP contribution in [-0.4, -0.2) is 56.0 Å². The van der Waals surface area contributed by atoms with Crippen molar-refractivity contribution in [3.8, 4) is 22.8 Å². The smallest absolute Gasteiger partial charge is 0.406 e. The number of carbonyl (C=O) groups excluding carboxylic acids is 1. The van der Waals surface area contributed by atoms with Gasteiger partial charge in [-0.1, -0.05) is 55.1 Å². The lowest BCUT2D eigenvalue weighted by atomic mass is 10.1. The lowest BCUT2D eigenvalue weighted by molar-refractivity contribution is -0.274. The highest BCUT2D eigenvalue weighted by Crippen LogP contribution is 2.30. The number of hydrogen-bond acceptors (Lipinski definition) is 8. The first-order valence-corrected chi connectivity index (χ1v) is 14.1. The average molecular weight is 597 g/mol. The predicted octanol–water partition coefficient (Wildman–Crippen LogP) is 4.94. The van der Waals surface area contributed by atoms with E-state index in [-0.39, 0.29) is 17.4 Å². The Morgan fingerprint density at radius 3 is 2.67 bits per heavy atom. The summed E-state index contributed by atoms with van der Waals surface area (Å²) in [6.45, 7) is 2.44. The van der Waals surface area contributed by atoms with Crippen molar-refractivity contribution in [1.82, 2.24) is 20.1 Å².